The highest BCUT2D eigenvalue weighted by molar-refractivity contribution is 14.1. The Morgan fingerprint density at radius 2 is 2.00 bits per heavy atom. The summed E-state index contributed by atoms with van der Waals surface area (Å²) in [6.07, 6.45) is 2.35. The van der Waals surface area contributed by atoms with E-state index in [9.17, 15) is 9.90 Å². The Morgan fingerprint density at radius 1 is 1.29 bits per heavy atom. The summed E-state index contributed by atoms with van der Waals surface area (Å²) in [7, 11) is -1.95. The fourth-order valence-corrected chi connectivity index (χ4v) is 5.48. The van der Waals surface area contributed by atoms with E-state index in [2.05, 4.69) is 71.7 Å². The van der Waals surface area contributed by atoms with E-state index in [1.807, 2.05) is 29.0 Å². The minimum atomic E-state index is -1.95. The van der Waals surface area contributed by atoms with Crippen LogP contribution in [0.1, 0.15) is 43.8 Å². The van der Waals surface area contributed by atoms with Crippen LogP contribution in [-0.4, -0.2) is 52.7 Å². The Morgan fingerprint density at radius 3 is 2.68 bits per heavy atom. The fraction of sp³-hybridized carbons (Fsp3) is 0.458. The normalized spacial score (nSPS) is 21.2. The number of halogens is 1. The molecule has 1 aliphatic rings. The van der Waals surface area contributed by atoms with Crippen LogP contribution in [0.5, 0.6) is 0 Å². The molecular formula is C24H31IN4O4Si. The molecule has 0 saturated carbocycles. The molecule has 34 heavy (non-hydrogen) atoms. The topological polar surface area (TPSA) is 98.5 Å². The van der Waals surface area contributed by atoms with Gasteiger partial charge in [-0.15, -0.1) is 0 Å². The number of nitrogens with zero attached hydrogens (tertiary/aromatic N) is 3. The first kappa shape index (κ1) is 25.2. The Kier molecular flexibility index (Phi) is 7.16. The number of nitrogens with one attached hydrogen (secondary N) is 1. The number of rotatable bonds is 6. The fourth-order valence-electron chi connectivity index (χ4n) is 3.67. The molecule has 0 aliphatic carbocycles. The van der Waals surface area contributed by atoms with Gasteiger partial charge in [0, 0.05) is 21.8 Å². The molecule has 3 atom stereocenters. The lowest BCUT2D eigenvalue weighted by Crippen LogP contribution is -2.43. The maximum atomic E-state index is 12.7. The molecule has 1 aromatic carbocycles. The molecule has 0 spiro atoms. The van der Waals surface area contributed by atoms with E-state index in [0.29, 0.717) is 30.1 Å². The van der Waals surface area contributed by atoms with E-state index >= 15 is 0 Å². The average molecular weight is 595 g/mol. The van der Waals surface area contributed by atoms with Crippen LogP contribution in [0.3, 0.4) is 0 Å². The molecule has 0 unspecified atom stereocenters. The average Bonchev–Trinajstić information content (AvgIpc) is 3.32. The second-order valence-corrected chi connectivity index (χ2v) is 16.1. The quantitative estimate of drug-likeness (QED) is 0.310. The molecule has 1 aliphatic heterocycles. The zero-order valence-electron chi connectivity index (χ0n) is 20.1. The second kappa shape index (κ2) is 9.65. The van der Waals surface area contributed by atoms with Crippen LogP contribution in [0.2, 0.25) is 18.1 Å². The number of hydrogen-bond donors (Lipinski definition) is 2. The first-order valence-corrected chi connectivity index (χ1v) is 15.3. The van der Waals surface area contributed by atoms with Gasteiger partial charge in [-0.2, -0.15) is 0 Å². The lowest BCUT2D eigenvalue weighted by molar-refractivity contribution is -0.0403. The maximum Gasteiger partial charge on any atom is 0.256 e. The standard InChI is InChI=1S/C24H31IN4O4Si/c1-24(2,3)34(4,5)32-13-18-17(30)11-19(33-18)29-12-16(25)20-21(26-14-27-22(20)29)28-23(31)15-9-7-6-8-10-15/h6-10,12,14,17-19,30H,11,13H2,1-5H3,(H,26,27,28,31)/t17-,18+,19+/m0/s1. The third-order valence-corrected chi connectivity index (χ3v) is 12.1. The van der Waals surface area contributed by atoms with Gasteiger partial charge in [-0.05, 0) is 52.9 Å². The second-order valence-electron chi connectivity index (χ2n) is 10.1. The minimum Gasteiger partial charge on any atom is -0.414 e. The Balaban J connectivity index is 1.54. The molecule has 1 fully saturated rings. The van der Waals surface area contributed by atoms with Crippen molar-refractivity contribution >= 4 is 53.7 Å². The highest BCUT2D eigenvalue weighted by atomic mass is 127. The summed E-state index contributed by atoms with van der Waals surface area (Å²) in [4.78, 5) is 21.5. The smallest absolute Gasteiger partial charge is 0.256 e. The largest absolute Gasteiger partial charge is 0.414 e. The monoisotopic (exact) mass is 594 g/mol. The molecule has 2 N–H and O–H groups in total. The molecule has 4 rings (SSSR count). The van der Waals surface area contributed by atoms with Crippen molar-refractivity contribution < 1.29 is 19.1 Å². The predicted octanol–water partition coefficient (Wildman–Crippen LogP) is 4.96. The van der Waals surface area contributed by atoms with Gasteiger partial charge in [0.25, 0.3) is 5.91 Å². The molecule has 1 amide bonds. The van der Waals surface area contributed by atoms with Crippen LogP contribution >= 0.6 is 22.6 Å². The molecular weight excluding hydrogens is 563 g/mol. The van der Waals surface area contributed by atoms with Gasteiger partial charge in [0.05, 0.1) is 18.1 Å². The van der Waals surface area contributed by atoms with Gasteiger partial charge in [0.15, 0.2) is 8.32 Å². The van der Waals surface area contributed by atoms with Crippen molar-refractivity contribution in [2.75, 3.05) is 11.9 Å². The summed E-state index contributed by atoms with van der Waals surface area (Å²) in [5, 5.41) is 14.4. The van der Waals surface area contributed by atoms with Crippen molar-refractivity contribution in [3.8, 4) is 0 Å². The molecule has 10 heteroatoms. The lowest BCUT2D eigenvalue weighted by atomic mass is 10.2. The van der Waals surface area contributed by atoms with Crippen LogP contribution in [0.15, 0.2) is 42.9 Å². The van der Waals surface area contributed by atoms with Crippen molar-refractivity contribution in [2.45, 2.75) is 63.8 Å². The zero-order valence-corrected chi connectivity index (χ0v) is 23.2. The number of anilines is 1. The lowest BCUT2D eigenvalue weighted by Gasteiger charge is -2.37. The number of carbonyl (C=O) groups excluding carboxylic acids is 1. The Labute approximate surface area is 214 Å². The van der Waals surface area contributed by atoms with Crippen molar-refractivity contribution in [3.63, 3.8) is 0 Å². The summed E-state index contributed by atoms with van der Waals surface area (Å²) in [5.74, 6) is 0.206. The van der Waals surface area contributed by atoms with Gasteiger partial charge >= 0.3 is 0 Å². The Hall–Kier alpha value is -1.86. The third-order valence-electron chi connectivity index (χ3n) is 6.76. The molecule has 8 nitrogen and oxygen atoms in total. The molecule has 0 bridgehead atoms. The van der Waals surface area contributed by atoms with Gasteiger partial charge in [-0.25, -0.2) is 9.97 Å². The van der Waals surface area contributed by atoms with Gasteiger partial charge in [0.2, 0.25) is 0 Å². The highest BCUT2D eigenvalue weighted by Crippen LogP contribution is 2.39. The van der Waals surface area contributed by atoms with Crippen LogP contribution in [-0.2, 0) is 9.16 Å². The molecule has 182 valence electrons. The van der Waals surface area contributed by atoms with Crippen LogP contribution in [0, 0.1) is 3.57 Å². The number of hydrogen-bond acceptors (Lipinski definition) is 6. The summed E-state index contributed by atoms with van der Waals surface area (Å²) < 4.78 is 15.3. The molecule has 3 heterocycles. The summed E-state index contributed by atoms with van der Waals surface area (Å²) >= 11 is 2.21. The molecule has 0 radical (unpaired) electrons. The summed E-state index contributed by atoms with van der Waals surface area (Å²) in [6, 6.07) is 9.01. The van der Waals surface area contributed by atoms with Gasteiger partial charge in [-0.1, -0.05) is 39.0 Å². The summed E-state index contributed by atoms with van der Waals surface area (Å²) in [5.41, 5.74) is 1.20. The number of benzene rings is 1. The van der Waals surface area contributed by atoms with Crippen LogP contribution in [0.25, 0.3) is 11.0 Å². The number of ether oxygens (including phenoxy) is 1. The number of fused-ring (bicyclic) bond motifs is 1. The van der Waals surface area contributed by atoms with Gasteiger partial charge < -0.3 is 24.2 Å². The summed E-state index contributed by atoms with van der Waals surface area (Å²) in [6.45, 7) is 11.3. The van der Waals surface area contributed by atoms with Crippen LogP contribution < -0.4 is 5.32 Å². The van der Waals surface area contributed by atoms with Crippen LogP contribution in [0.4, 0.5) is 5.82 Å². The van der Waals surface area contributed by atoms with E-state index < -0.39 is 20.5 Å². The first-order valence-electron chi connectivity index (χ1n) is 11.3. The predicted molar refractivity (Wildman–Crippen MR) is 142 cm³/mol. The number of aromatic nitrogens is 3. The van der Waals surface area contributed by atoms with E-state index in [1.54, 1.807) is 12.1 Å². The van der Waals surface area contributed by atoms with Crippen molar-refractivity contribution in [2.24, 2.45) is 0 Å². The number of aliphatic hydroxyl groups excluding tert-OH is 1. The van der Waals surface area contributed by atoms with E-state index in [-0.39, 0.29) is 17.2 Å². The Bertz CT molecular complexity index is 1180. The number of amides is 1. The highest BCUT2D eigenvalue weighted by Gasteiger charge is 2.41. The van der Waals surface area contributed by atoms with Gasteiger partial charge in [-0.3, -0.25) is 4.79 Å². The maximum absolute atomic E-state index is 12.7. The third kappa shape index (κ3) is 5.06. The van der Waals surface area contributed by atoms with Gasteiger partial charge in [0.1, 0.15) is 30.1 Å². The van der Waals surface area contributed by atoms with Crippen molar-refractivity contribution in [3.05, 3.63) is 52.0 Å². The first-order chi connectivity index (χ1) is 16.0. The van der Waals surface area contributed by atoms with Crippen molar-refractivity contribution in [1.29, 1.82) is 0 Å². The minimum absolute atomic E-state index is 0.0835. The molecule has 3 aromatic rings. The number of aliphatic hydroxyl groups is 1. The molecule has 1 saturated heterocycles. The van der Waals surface area contributed by atoms with E-state index in [1.165, 1.54) is 6.33 Å². The number of carbonyl (C=O) groups is 1. The SMILES string of the molecule is CC(C)(C)[Si](C)(C)OC[C@H]1O[C@@H](n2cc(I)c3c(NC(=O)c4ccccc4)ncnc32)C[C@@H]1O. The van der Waals surface area contributed by atoms with Crippen molar-refractivity contribution in [1.82, 2.24) is 14.5 Å². The molecule has 2 aromatic heterocycles. The van der Waals surface area contributed by atoms with E-state index in [4.69, 9.17) is 9.16 Å². The zero-order chi connectivity index (χ0) is 24.7. The van der Waals surface area contributed by atoms with E-state index in [0.717, 1.165) is 8.96 Å².